The third-order valence-electron chi connectivity index (χ3n) is 5.69. The largest absolute Gasteiger partial charge is 0.496 e. The average Bonchev–Trinajstić information content (AvgIpc) is 2.62. The van der Waals surface area contributed by atoms with Crippen LogP contribution < -0.4 is 9.47 Å². The molecule has 6 nitrogen and oxygen atoms in total. The minimum atomic E-state index is -2.24. The quantitative estimate of drug-likeness (QED) is 0.452. The summed E-state index contributed by atoms with van der Waals surface area (Å²) < 4.78 is 24.0. The number of ether oxygens (including phenoxy) is 3. The molecule has 0 radical (unpaired) electrons. The molecule has 1 aromatic carbocycles. The molecule has 0 saturated heterocycles. The summed E-state index contributed by atoms with van der Waals surface area (Å²) in [6.07, 6.45) is -1.33. The molecule has 0 fully saturated rings. The molecule has 0 aliphatic heterocycles. The maximum Gasteiger partial charge on any atom is 0.306 e. The number of carboxylic acid groups (broad SMARTS) is 1. The van der Waals surface area contributed by atoms with Gasteiger partial charge in [-0.25, -0.2) is 0 Å². The van der Waals surface area contributed by atoms with E-state index >= 15 is 0 Å². The van der Waals surface area contributed by atoms with E-state index < -0.39 is 26.5 Å². The van der Waals surface area contributed by atoms with Crippen LogP contribution in [0.1, 0.15) is 58.3 Å². The van der Waals surface area contributed by atoms with Crippen molar-refractivity contribution in [3.63, 3.8) is 0 Å². The highest BCUT2D eigenvalue weighted by Gasteiger charge is 2.42. The minimum absolute atomic E-state index is 0.0457. The van der Waals surface area contributed by atoms with Crippen molar-refractivity contribution in [2.75, 3.05) is 20.8 Å². The molecule has 0 bridgehead atoms. The molecule has 0 aliphatic carbocycles. The summed E-state index contributed by atoms with van der Waals surface area (Å²) in [4.78, 5) is 11.7. The van der Waals surface area contributed by atoms with E-state index in [1.54, 1.807) is 14.2 Å². The summed E-state index contributed by atoms with van der Waals surface area (Å²) in [6.45, 7) is 17.3. The van der Waals surface area contributed by atoms with Crippen molar-refractivity contribution in [1.82, 2.24) is 0 Å². The summed E-state index contributed by atoms with van der Waals surface area (Å²) >= 11 is 0. The van der Waals surface area contributed by atoms with Crippen molar-refractivity contribution in [3.05, 3.63) is 23.3 Å². The smallest absolute Gasteiger partial charge is 0.306 e. The summed E-state index contributed by atoms with van der Waals surface area (Å²) in [5, 5.41) is 9.53. The SMILES string of the molecule is COc1cc([C@@H](O[Si](C)(C)C(C)(C)C)[C@H](CC(=O)O)OCC(C)C)cc(OC)c1C. The van der Waals surface area contributed by atoms with Crippen LogP contribution in [0.15, 0.2) is 12.1 Å². The molecule has 0 unspecified atom stereocenters. The molecule has 1 rings (SSSR count). The Balaban J connectivity index is 3.57. The van der Waals surface area contributed by atoms with E-state index in [0.29, 0.717) is 18.1 Å². The lowest BCUT2D eigenvalue weighted by Gasteiger charge is -2.41. The molecule has 0 aromatic heterocycles. The second-order valence-corrected chi connectivity index (χ2v) is 14.5. The molecule has 30 heavy (non-hydrogen) atoms. The Bertz CT molecular complexity index is 683. The Morgan fingerprint density at radius 3 is 1.97 bits per heavy atom. The van der Waals surface area contributed by atoms with Crippen LogP contribution in [0.5, 0.6) is 11.5 Å². The molecule has 0 aliphatic rings. The van der Waals surface area contributed by atoms with E-state index in [-0.39, 0.29) is 17.4 Å². The van der Waals surface area contributed by atoms with Gasteiger partial charge < -0.3 is 23.7 Å². The molecule has 1 aromatic rings. The molecular formula is C23H40O6Si. The van der Waals surface area contributed by atoms with Gasteiger partial charge in [0.2, 0.25) is 0 Å². The van der Waals surface area contributed by atoms with Gasteiger partial charge in [0, 0.05) is 12.2 Å². The lowest BCUT2D eigenvalue weighted by molar-refractivity contribution is -0.143. The van der Waals surface area contributed by atoms with Gasteiger partial charge in [0.15, 0.2) is 8.32 Å². The molecular weight excluding hydrogens is 400 g/mol. The number of carbonyl (C=O) groups is 1. The van der Waals surface area contributed by atoms with Gasteiger partial charge in [-0.05, 0) is 48.7 Å². The maximum atomic E-state index is 11.7. The van der Waals surface area contributed by atoms with Gasteiger partial charge in [-0.3, -0.25) is 4.79 Å². The van der Waals surface area contributed by atoms with Crippen LogP contribution in [0.2, 0.25) is 18.1 Å². The Labute approximate surface area is 183 Å². The van der Waals surface area contributed by atoms with Crippen molar-refractivity contribution in [3.8, 4) is 11.5 Å². The maximum absolute atomic E-state index is 11.7. The highest BCUT2D eigenvalue weighted by atomic mass is 28.4. The average molecular weight is 441 g/mol. The van der Waals surface area contributed by atoms with E-state index in [0.717, 1.165) is 11.1 Å². The number of hydrogen-bond acceptors (Lipinski definition) is 5. The van der Waals surface area contributed by atoms with Crippen molar-refractivity contribution in [2.24, 2.45) is 5.92 Å². The van der Waals surface area contributed by atoms with Crippen LogP contribution in [0.3, 0.4) is 0 Å². The van der Waals surface area contributed by atoms with Crippen molar-refractivity contribution in [1.29, 1.82) is 0 Å². The third-order valence-corrected chi connectivity index (χ3v) is 10.1. The van der Waals surface area contributed by atoms with Gasteiger partial charge in [0.1, 0.15) is 11.5 Å². The monoisotopic (exact) mass is 440 g/mol. The Kier molecular flexibility index (Phi) is 9.39. The summed E-state index contributed by atoms with van der Waals surface area (Å²) in [7, 11) is 0.977. The molecule has 0 heterocycles. The Morgan fingerprint density at radius 2 is 1.60 bits per heavy atom. The fraction of sp³-hybridized carbons (Fsp3) is 0.696. The van der Waals surface area contributed by atoms with Gasteiger partial charge in [-0.15, -0.1) is 0 Å². The van der Waals surface area contributed by atoms with Crippen LogP contribution in [0.25, 0.3) is 0 Å². The zero-order valence-electron chi connectivity index (χ0n) is 20.3. The lowest BCUT2D eigenvalue weighted by atomic mass is 9.99. The normalized spacial score (nSPS) is 14.5. The van der Waals surface area contributed by atoms with Crippen molar-refractivity contribution in [2.45, 2.75) is 78.3 Å². The summed E-state index contributed by atoms with van der Waals surface area (Å²) in [5.41, 5.74) is 1.68. The predicted octanol–water partition coefficient (Wildman–Crippen LogP) is 5.59. The highest BCUT2D eigenvalue weighted by molar-refractivity contribution is 6.74. The fourth-order valence-corrected chi connectivity index (χ4v) is 4.14. The lowest BCUT2D eigenvalue weighted by Crippen LogP contribution is -2.44. The van der Waals surface area contributed by atoms with Gasteiger partial charge in [0.05, 0.1) is 32.8 Å². The van der Waals surface area contributed by atoms with Crippen molar-refractivity contribution < 1.29 is 28.5 Å². The first-order valence-electron chi connectivity index (χ1n) is 10.5. The van der Waals surface area contributed by atoms with E-state index in [1.807, 2.05) is 32.9 Å². The van der Waals surface area contributed by atoms with Crippen LogP contribution in [0, 0.1) is 12.8 Å². The molecule has 172 valence electrons. The summed E-state index contributed by atoms with van der Waals surface area (Å²) in [5.74, 6) is 0.702. The number of carboxylic acids is 1. The fourth-order valence-electron chi connectivity index (χ4n) is 2.86. The second-order valence-electron chi connectivity index (χ2n) is 9.71. The number of methoxy groups -OCH3 is 2. The predicted molar refractivity (Wildman–Crippen MR) is 122 cm³/mol. The molecule has 0 amide bonds. The Hall–Kier alpha value is -1.57. The Morgan fingerprint density at radius 1 is 1.10 bits per heavy atom. The molecule has 2 atom stereocenters. The number of hydrogen-bond donors (Lipinski definition) is 1. The third kappa shape index (κ3) is 6.99. The number of rotatable bonds is 11. The number of benzene rings is 1. The second kappa shape index (κ2) is 10.6. The van der Waals surface area contributed by atoms with E-state index in [2.05, 4.69) is 33.9 Å². The first-order chi connectivity index (χ1) is 13.7. The summed E-state index contributed by atoms with van der Waals surface area (Å²) in [6, 6.07) is 3.81. The first kappa shape index (κ1) is 26.5. The zero-order chi connectivity index (χ0) is 23.3. The standard InChI is InChI=1S/C23H40O6Si/c1-15(2)14-28-20(13-21(24)25)22(29-30(9,10)23(4,5)6)17-11-18(26-7)16(3)19(12-17)27-8/h11-12,15,20,22H,13-14H2,1-10H3,(H,24,25)/t20-,22+/m0/s1. The molecule has 7 heteroatoms. The van der Waals surface area contributed by atoms with Gasteiger partial charge in [0.25, 0.3) is 0 Å². The van der Waals surface area contributed by atoms with Crippen LogP contribution >= 0.6 is 0 Å². The van der Waals surface area contributed by atoms with Crippen LogP contribution in [-0.4, -0.2) is 46.3 Å². The van der Waals surface area contributed by atoms with Gasteiger partial charge >= 0.3 is 5.97 Å². The van der Waals surface area contributed by atoms with E-state index in [9.17, 15) is 9.90 Å². The highest BCUT2D eigenvalue weighted by Crippen LogP contribution is 2.43. The van der Waals surface area contributed by atoms with Crippen LogP contribution in [0.4, 0.5) is 0 Å². The first-order valence-corrected chi connectivity index (χ1v) is 13.4. The van der Waals surface area contributed by atoms with Crippen molar-refractivity contribution >= 4 is 14.3 Å². The van der Waals surface area contributed by atoms with Gasteiger partial charge in [-0.2, -0.15) is 0 Å². The van der Waals surface area contributed by atoms with Crippen LogP contribution in [-0.2, 0) is 14.0 Å². The molecule has 0 spiro atoms. The van der Waals surface area contributed by atoms with Gasteiger partial charge in [-0.1, -0.05) is 34.6 Å². The molecule has 0 saturated carbocycles. The number of aliphatic carboxylic acids is 1. The topological polar surface area (TPSA) is 74.2 Å². The molecule has 1 N–H and O–H groups in total. The minimum Gasteiger partial charge on any atom is -0.496 e. The zero-order valence-corrected chi connectivity index (χ0v) is 21.3. The van der Waals surface area contributed by atoms with E-state index in [4.69, 9.17) is 18.6 Å². The van der Waals surface area contributed by atoms with E-state index in [1.165, 1.54) is 0 Å².